The van der Waals surface area contributed by atoms with Crippen molar-refractivity contribution < 1.29 is 28.6 Å². The number of rotatable bonds is 6. The van der Waals surface area contributed by atoms with Crippen LogP contribution < -0.4 is 14.8 Å². The lowest BCUT2D eigenvalue weighted by Crippen LogP contribution is -2.49. The molecule has 2 aliphatic carbocycles. The van der Waals surface area contributed by atoms with Gasteiger partial charge in [0, 0.05) is 35.2 Å². The van der Waals surface area contributed by atoms with Crippen molar-refractivity contribution in [3.8, 4) is 22.8 Å². The van der Waals surface area contributed by atoms with E-state index >= 15 is 0 Å². The van der Waals surface area contributed by atoms with Crippen LogP contribution in [0.2, 0.25) is 0 Å². The molecule has 0 spiro atoms. The standard InChI is InChI=1S/C35H37N3O6/c1-3-43-34(41)35-21-23(35)13-9-4-5-10-16-36-32(39)27-17-25(18-28(27)33(40)38-35)44-31-20-29(22-11-7-6-8-12-22)37-30-19-24(42-2)14-15-26(30)31/h6-9,11-16,19-20,23,25,27-28H,3-5,10,17-18,21H2,1-2H3,(H,38,40)/b13-9-,36-16?/t23-,25+,27-,28-,35-/m1/s1. The SMILES string of the molecule is CCOC(=O)[C@@]12C[C@H]1/C=C\CCCC=NC(=O)[C@@H]1C[C@H](Oc3cc(-c4ccccc4)nc4cc(OC)ccc34)C[C@H]1C(=O)N2. The molecule has 228 valence electrons. The number of benzene rings is 2. The molecule has 0 unspecified atom stereocenters. The number of pyridine rings is 1. The summed E-state index contributed by atoms with van der Waals surface area (Å²) < 4.78 is 17.4. The fourth-order valence-corrected chi connectivity index (χ4v) is 6.35. The number of fused-ring (bicyclic) bond motifs is 3. The van der Waals surface area contributed by atoms with Crippen LogP contribution in [0.1, 0.15) is 45.4 Å². The van der Waals surface area contributed by atoms with Crippen molar-refractivity contribution in [3.63, 3.8) is 0 Å². The van der Waals surface area contributed by atoms with E-state index in [9.17, 15) is 14.4 Å². The summed E-state index contributed by atoms with van der Waals surface area (Å²) >= 11 is 0. The topological polar surface area (TPSA) is 116 Å². The largest absolute Gasteiger partial charge is 0.497 e. The Morgan fingerprint density at radius 2 is 1.86 bits per heavy atom. The van der Waals surface area contributed by atoms with Gasteiger partial charge >= 0.3 is 5.97 Å². The Bertz CT molecular complexity index is 1620. The van der Waals surface area contributed by atoms with Crippen molar-refractivity contribution >= 4 is 34.9 Å². The van der Waals surface area contributed by atoms with Crippen LogP contribution in [0.25, 0.3) is 22.2 Å². The summed E-state index contributed by atoms with van der Waals surface area (Å²) in [4.78, 5) is 49.4. The van der Waals surface area contributed by atoms with Crippen LogP contribution in [-0.4, -0.2) is 54.3 Å². The monoisotopic (exact) mass is 595 g/mol. The molecule has 2 fully saturated rings. The van der Waals surface area contributed by atoms with Gasteiger partial charge in [-0.3, -0.25) is 9.59 Å². The maximum absolute atomic E-state index is 13.9. The molecule has 6 rings (SSSR count). The number of nitrogens with one attached hydrogen (secondary N) is 1. The summed E-state index contributed by atoms with van der Waals surface area (Å²) in [5, 5.41) is 3.80. The average molecular weight is 596 g/mol. The number of hydrogen-bond acceptors (Lipinski definition) is 7. The van der Waals surface area contributed by atoms with Gasteiger partial charge in [0.1, 0.15) is 23.1 Å². The van der Waals surface area contributed by atoms with E-state index in [1.54, 1.807) is 20.2 Å². The Kier molecular flexibility index (Phi) is 8.46. The maximum Gasteiger partial charge on any atom is 0.332 e. The van der Waals surface area contributed by atoms with E-state index < -0.39 is 29.4 Å². The predicted molar refractivity (Wildman–Crippen MR) is 166 cm³/mol. The highest BCUT2D eigenvalue weighted by atomic mass is 16.5. The molecule has 9 heteroatoms. The van der Waals surface area contributed by atoms with E-state index in [0.717, 1.165) is 29.5 Å². The molecule has 3 aromatic rings. The number of ether oxygens (including phenoxy) is 3. The first-order valence-corrected chi connectivity index (χ1v) is 15.3. The number of allylic oxidation sites excluding steroid dienone is 1. The zero-order valence-electron chi connectivity index (χ0n) is 25.0. The molecular weight excluding hydrogens is 558 g/mol. The minimum absolute atomic E-state index is 0.138. The second-order valence-electron chi connectivity index (χ2n) is 11.7. The summed E-state index contributed by atoms with van der Waals surface area (Å²) in [7, 11) is 1.61. The molecule has 2 amide bonds. The third kappa shape index (κ3) is 5.96. The summed E-state index contributed by atoms with van der Waals surface area (Å²) in [5.74, 6) is -1.35. The molecule has 3 aliphatic rings. The number of nitrogens with zero attached hydrogens (tertiary/aromatic N) is 2. The molecule has 0 bridgehead atoms. The van der Waals surface area contributed by atoms with Crippen molar-refractivity contribution in [3.05, 3.63) is 66.7 Å². The first-order valence-electron chi connectivity index (χ1n) is 15.3. The van der Waals surface area contributed by atoms with E-state index in [1.165, 1.54) is 0 Å². The lowest BCUT2D eigenvalue weighted by atomic mass is 9.93. The lowest BCUT2D eigenvalue weighted by Gasteiger charge is -2.22. The lowest BCUT2D eigenvalue weighted by molar-refractivity contribution is -0.149. The first kappa shape index (κ1) is 29.5. The molecule has 2 aromatic carbocycles. The second-order valence-corrected chi connectivity index (χ2v) is 11.7. The first-order chi connectivity index (χ1) is 21.4. The van der Waals surface area contributed by atoms with Crippen molar-refractivity contribution in [1.82, 2.24) is 10.3 Å². The third-order valence-electron chi connectivity index (χ3n) is 8.81. The molecular formula is C35H37N3O6. The summed E-state index contributed by atoms with van der Waals surface area (Å²) in [6.45, 7) is 1.97. The fraction of sp³-hybridized carbons (Fsp3) is 0.400. The van der Waals surface area contributed by atoms with Gasteiger partial charge in [-0.1, -0.05) is 42.5 Å². The van der Waals surface area contributed by atoms with Crippen molar-refractivity contribution in [1.29, 1.82) is 0 Å². The van der Waals surface area contributed by atoms with Crippen LogP contribution in [0.15, 0.2) is 71.7 Å². The summed E-state index contributed by atoms with van der Waals surface area (Å²) in [5.41, 5.74) is 1.28. The van der Waals surface area contributed by atoms with Gasteiger partial charge in [0.2, 0.25) is 11.8 Å². The van der Waals surface area contributed by atoms with E-state index in [2.05, 4.69) is 10.3 Å². The van der Waals surface area contributed by atoms with Crippen LogP contribution in [0.4, 0.5) is 0 Å². The zero-order valence-corrected chi connectivity index (χ0v) is 25.0. The fourth-order valence-electron chi connectivity index (χ4n) is 6.35. The number of carbonyl (C=O) groups excluding carboxylic acids is 3. The highest BCUT2D eigenvalue weighted by Crippen LogP contribution is 2.47. The maximum atomic E-state index is 13.9. The van der Waals surface area contributed by atoms with Crippen molar-refractivity contribution in [2.45, 2.75) is 57.1 Å². The number of esters is 1. The Morgan fingerprint density at radius 1 is 1.05 bits per heavy atom. The number of methoxy groups -OCH3 is 1. The van der Waals surface area contributed by atoms with Gasteiger partial charge in [0.05, 0.1) is 36.8 Å². The normalized spacial score (nSPS) is 27.4. The molecule has 9 nitrogen and oxygen atoms in total. The van der Waals surface area contributed by atoms with Gasteiger partial charge in [-0.05, 0) is 57.6 Å². The van der Waals surface area contributed by atoms with Gasteiger partial charge in [-0.15, -0.1) is 0 Å². The van der Waals surface area contributed by atoms with Crippen LogP contribution in [-0.2, 0) is 19.1 Å². The minimum atomic E-state index is -1.10. The second kappa shape index (κ2) is 12.6. The Labute approximate surface area is 256 Å². The third-order valence-corrected chi connectivity index (χ3v) is 8.81. The Morgan fingerprint density at radius 3 is 2.66 bits per heavy atom. The van der Waals surface area contributed by atoms with Crippen LogP contribution in [0.3, 0.4) is 0 Å². The molecule has 1 aromatic heterocycles. The number of hydrogen-bond donors (Lipinski definition) is 1. The van der Waals surface area contributed by atoms with Gasteiger partial charge in [0.25, 0.3) is 0 Å². The molecule has 1 aliphatic heterocycles. The van der Waals surface area contributed by atoms with Gasteiger partial charge in [-0.25, -0.2) is 14.8 Å². The average Bonchev–Trinajstić information content (AvgIpc) is 3.57. The van der Waals surface area contributed by atoms with Crippen LogP contribution in [0.5, 0.6) is 11.5 Å². The number of aliphatic imine (C=N–C) groups is 1. The molecule has 5 atom stereocenters. The Hall–Kier alpha value is -4.53. The minimum Gasteiger partial charge on any atom is -0.497 e. The number of aromatic nitrogens is 1. The van der Waals surface area contributed by atoms with Crippen molar-refractivity contribution in [2.24, 2.45) is 22.7 Å². The zero-order chi connectivity index (χ0) is 30.7. The van der Waals surface area contributed by atoms with E-state index in [-0.39, 0.29) is 24.3 Å². The quantitative estimate of drug-likeness (QED) is 0.297. The molecule has 0 radical (unpaired) electrons. The highest BCUT2D eigenvalue weighted by molar-refractivity contribution is 5.96. The molecule has 44 heavy (non-hydrogen) atoms. The number of amides is 2. The van der Waals surface area contributed by atoms with Crippen LogP contribution >= 0.6 is 0 Å². The molecule has 0 saturated heterocycles. The van der Waals surface area contributed by atoms with Crippen LogP contribution in [0, 0.1) is 17.8 Å². The summed E-state index contributed by atoms with van der Waals surface area (Å²) in [6.07, 6.45) is 8.63. The molecule has 2 saturated carbocycles. The van der Waals surface area contributed by atoms with Gasteiger partial charge < -0.3 is 19.5 Å². The van der Waals surface area contributed by atoms with E-state index in [0.29, 0.717) is 42.7 Å². The number of carbonyl (C=O) groups is 3. The summed E-state index contributed by atoms with van der Waals surface area (Å²) in [6, 6.07) is 17.3. The van der Waals surface area contributed by atoms with Gasteiger partial charge in [-0.2, -0.15) is 0 Å². The Balaban J connectivity index is 1.32. The van der Waals surface area contributed by atoms with Gasteiger partial charge in [0.15, 0.2) is 0 Å². The predicted octanol–water partition coefficient (Wildman–Crippen LogP) is 5.46. The smallest absolute Gasteiger partial charge is 0.332 e. The molecule has 1 N–H and O–H groups in total. The highest BCUT2D eigenvalue weighted by Gasteiger charge is 2.62. The van der Waals surface area contributed by atoms with E-state index in [1.807, 2.05) is 66.7 Å². The molecule has 2 heterocycles. The van der Waals surface area contributed by atoms with Crippen molar-refractivity contribution in [2.75, 3.05) is 13.7 Å². The van der Waals surface area contributed by atoms with E-state index in [4.69, 9.17) is 19.2 Å².